The van der Waals surface area contributed by atoms with E-state index in [0.29, 0.717) is 34.5 Å². The number of amides is 7. The molecule has 0 bridgehead atoms. The van der Waals surface area contributed by atoms with Gasteiger partial charge in [-0.15, -0.1) is 0 Å². The molecule has 6 unspecified atom stereocenters. The van der Waals surface area contributed by atoms with Gasteiger partial charge in [0.25, 0.3) is 11.5 Å². The average molecular weight is 1340 g/mol. The van der Waals surface area contributed by atoms with E-state index in [9.17, 15) is 48.6 Å². The summed E-state index contributed by atoms with van der Waals surface area (Å²) in [6.07, 6.45) is -0.657. The normalized spacial score (nSPS) is 23.7. The zero-order valence-corrected chi connectivity index (χ0v) is 56.0. The van der Waals surface area contributed by atoms with Crippen molar-refractivity contribution in [3.05, 3.63) is 109 Å². The molecule has 32 nitrogen and oxygen atoms in total. The number of aryl methyl sites for hydroxylation is 2. The Labute approximate surface area is 553 Å². The Kier molecular flexibility index (Phi) is 25.6. The lowest BCUT2D eigenvalue weighted by molar-refractivity contribution is -0.146. The summed E-state index contributed by atoms with van der Waals surface area (Å²) in [6, 6.07) is -0.200. The van der Waals surface area contributed by atoms with Crippen LogP contribution in [0.25, 0.3) is 11.0 Å². The highest BCUT2D eigenvalue weighted by Gasteiger charge is 2.45. The van der Waals surface area contributed by atoms with E-state index >= 15 is 19.2 Å². The van der Waals surface area contributed by atoms with Crippen LogP contribution in [0.2, 0.25) is 0 Å². The molecule has 6 rings (SSSR count). The first kappa shape index (κ1) is 74.9. The fraction of sp³-hybridized carbons (Fsp3) is 0.531. The van der Waals surface area contributed by atoms with Gasteiger partial charge in [0.15, 0.2) is 17.5 Å². The second kappa shape index (κ2) is 32.8. The molecule has 522 valence electrons. The van der Waals surface area contributed by atoms with Gasteiger partial charge < -0.3 is 77.3 Å². The highest BCUT2D eigenvalue weighted by atomic mass is 16.5. The van der Waals surface area contributed by atoms with Crippen molar-refractivity contribution < 1.29 is 67.6 Å². The van der Waals surface area contributed by atoms with Crippen molar-refractivity contribution in [3.8, 4) is 11.5 Å². The van der Waals surface area contributed by atoms with Crippen LogP contribution in [0, 0.1) is 23.7 Å². The molecule has 96 heavy (non-hydrogen) atoms. The number of carboxylic acid groups (broad SMARTS) is 2. The molecule has 2 aromatic heterocycles. The van der Waals surface area contributed by atoms with Crippen LogP contribution in [0.4, 0.5) is 0 Å². The van der Waals surface area contributed by atoms with Crippen LogP contribution >= 0.6 is 0 Å². The van der Waals surface area contributed by atoms with Gasteiger partial charge in [-0.1, -0.05) is 83.2 Å². The number of likely N-dealkylation sites (N-methyl/N-ethyl adjacent to an activating group) is 1. The monoisotopic (exact) mass is 1340 g/mol. The van der Waals surface area contributed by atoms with Gasteiger partial charge in [-0.25, -0.2) is 38.1 Å². The molecule has 32 heteroatoms. The summed E-state index contributed by atoms with van der Waals surface area (Å²) < 4.78 is 21.5. The first-order chi connectivity index (χ1) is 45.3. The molecule has 1 fully saturated rings. The van der Waals surface area contributed by atoms with Gasteiger partial charge >= 0.3 is 23.3 Å². The van der Waals surface area contributed by atoms with Crippen LogP contribution in [0.15, 0.2) is 85.8 Å². The van der Waals surface area contributed by atoms with Crippen LogP contribution in [-0.4, -0.2) is 175 Å². The molecular weight excluding hydrogens is 1250 g/mol. The lowest BCUT2D eigenvalue weighted by Gasteiger charge is -2.40. The predicted molar refractivity (Wildman–Crippen MR) is 350 cm³/mol. The van der Waals surface area contributed by atoms with Crippen LogP contribution in [0.1, 0.15) is 104 Å². The van der Waals surface area contributed by atoms with E-state index < -0.39 is 168 Å². The molecule has 0 spiro atoms. The average Bonchev–Trinajstić information content (AvgIpc) is 1.55. The fourth-order valence-electron chi connectivity index (χ4n) is 11.8. The number of hydrogen-bond acceptors (Lipinski definition) is 17. The maximum absolute atomic E-state index is 15.6. The van der Waals surface area contributed by atoms with Crippen molar-refractivity contribution in [2.24, 2.45) is 47.2 Å². The van der Waals surface area contributed by atoms with Gasteiger partial charge in [0, 0.05) is 65.2 Å². The Hall–Kier alpha value is -10.1. The summed E-state index contributed by atoms with van der Waals surface area (Å²) in [5, 5.41) is 36.3. The van der Waals surface area contributed by atoms with E-state index in [1.54, 1.807) is 39.0 Å². The molecule has 0 saturated carbocycles. The van der Waals surface area contributed by atoms with Crippen molar-refractivity contribution in [3.63, 3.8) is 0 Å². The lowest BCUT2D eigenvalue weighted by atomic mass is 9.84. The topological polar surface area (TPSA) is 445 Å². The number of nitrogens with one attached hydrogen (secondary N) is 6. The van der Waals surface area contributed by atoms with Crippen molar-refractivity contribution in [2.75, 3.05) is 34.9 Å². The van der Waals surface area contributed by atoms with Gasteiger partial charge in [-0.2, -0.15) is 0 Å². The second-order valence-corrected chi connectivity index (χ2v) is 24.6. The van der Waals surface area contributed by atoms with Crippen LogP contribution in [-0.2, 0) is 74.3 Å². The Morgan fingerprint density at radius 2 is 1.39 bits per heavy atom. The van der Waals surface area contributed by atoms with Crippen LogP contribution in [0.3, 0.4) is 0 Å². The summed E-state index contributed by atoms with van der Waals surface area (Å²) >= 11 is 0. The van der Waals surface area contributed by atoms with Crippen molar-refractivity contribution in [1.29, 1.82) is 0 Å². The van der Waals surface area contributed by atoms with E-state index in [4.69, 9.17) is 25.7 Å². The Balaban J connectivity index is 1.56. The maximum atomic E-state index is 15.6. The number of rotatable bonds is 19. The number of aliphatic imine (C=N–C) groups is 1. The third kappa shape index (κ3) is 17.6. The van der Waals surface area contributed by atoms with Gasteiger partial charge in [0.2, 0.25) is 35.4 Å². The minimum absolute atomic E-state index is 0.0358. The largest absolute Gasteiger partial charge is 0.493 e. The first-order valence-corrected chi connectivity index (χ1v) is 31.4. The van der Waals surface area contributed by atoms with Gasteiger partial charge in [0.1, 0.15) is 41.6 Å². The van der Waals surface area contributed by atoms with Crippen molar-refractivity contribution in [2.45, 2.75) is 154 Å². The van der Waals surface area contributed by atoms with Crippen LogP contribution in [0.5, 0.6) is 11.5 Å². The third-order valence-corrected chi connectivity index (χ3v) is 17.5. The highest BCUT2D eigenvalue weighted by Crippen LogP contribution is 2.37. The number of aromatic nitrogens is 5. The smallest absolute Gasteiger partial charge is 0.347 e. The molecule has 2 aliphatic heterocycles. The SMILES string of the molecule is C=C1C(=O)N[C@H](C)C(=O)N[C@@H](CC(C)C)C(=O)NC(C(=O)O)[C@H](C)C(=O)NC(CCCN=C(N)N)C(=O)NC(C2C=C(C)C([C@H](C)[C@H](Cc3ccccc3)OC)n3c(=O)n(CCc4nc5cc(OC)c(OC)cc5n(C)c4=O)c(=O)n32)C(C)C(=O)N[C@@H](C(=O)O)CCC(=O)N1C. The quantitative estimate of drug-likeness (QED) is 0.0186. The molecule has 0 radical (unpaired) electrons. The summed E-state index contributed by atoms with van der Waals surface area (Å²) in [7, 11) is 7.02. The number of carboxylic acids is 2. The molecule has 7 amide bonds. The van der Waals surface area contributed by atoms with Crippen molar-refractivity contribution in [1.82, 2.24) is 60.3 Å². The van der Waals surface area contributed by atoms with Gasteiger partial charge in [0.05, 0.1) is 61.3 Å². The van der Waals surface area contributed by atoms with E-state index in [0.717, 1.165) is 33.7 Å². The predicted octanol–water partition coefficient (Wildman–Crippen LogP) is -0.510. The molecular formula is C64H89N15O17. The molecule has 4 aromatic rings. The van der Waals surface area contributed by atoms with Crippen molar-refractivity contribution >= 4 is 70.3 Å². The fourth-order valence-corrected chi connectivity index (χ4v) is 11.8. The van der Waals surface area contributed by atoms with E-state index in [1.165, 1.54) is 51.5 Å². The summed E-state index contributed by atoms with van der Waals surface area (Å²) in [6.45, 7) is 13.7. The van der Waals surface area contributed by atoms with Gasteiger partial charge in [-0.05, 0) is 57.4 Å². The van der Waals surface area contributed by atoms with Gasteiger partial charge in [-0.3, -0.25) is 43.3 Å². The molecule has 4 heterocycles. The zero-order chi connectivity index (χ0) is 71.3. The number of methoxy groups -OCH3 is 3. The molecule has 2 aliphatic rings. The minimum atomic E-state index is -2.02. The Bertz CT molecular complexity index is 3850. The number of guanidine groups is 1. The number of nitrogens with zero attached hydrogens (tertiary/aromatic N) is 7. The standard InChI is InChI=1S/C64H89N15O17/c1-31(2)26-43-58(86)74-51(61(90)91)35(6)54(82)70-39(20-17-24-67-62(65)66)57(85)73-50(34(5)53(81)71-41(60(88)89)21-22-49(80)75(9)37(8)56(84)68-36(7)55(83)72-43)45-27-32(3)52(33(4)46(94-11)28-38-18-15-14-16-19-38)79-64(93)77(63(92)78(45)79)25-23-40-59(87)76(10)44-30-48(96-13)47(95-12)29-42(44)69-40/h14-16,18-19,27,29-31,33-36,39,41,43,45-46,50-52H,8,17,20-26,28H2,1-7,9-13H3,(H,68,84)(H,70,82)(H,71,81)(H,72,83)(H,73,85)(H,74,86)(H,88,89)(H,90,91)(H4,65,66,67)/t33-,34?,35+,36-,39?,41-,43+,45?,46+,50?,51?,52?/m1/s1. The first-order valence-electron chi connectivity index (χ1n) is 31.4. The number of allylic oxidation sites excluding steroid dienone is 1. The summed E-state index contributed by atoms with van der Waals surface area (Å²) in [5.74, 6) is -14.4. The molecule has 1 saturated heterocycles. The zero-order valence-electron chi connectivity index (χ0n) is 56.0. The number of benzene rings is 2. The number of carbonyl (C=O) groups excluding carboxylic acids is 7. The number of fused-ring (bicyclic) bond motifs is 2. The summed E-state index contributed by atoms with van der Waals surface area (Å²) in [5.41, 5.74) is 10.2. The number of hydrogen-bond donors (Lipinski definition) is 10. The van der Waals surface area contributed by atoms with E-state index in [2.05, 4.69) is 48.5 Å². The Morgan fingerprint density at radius 3 is 1.99 bits per heavy atom. The van der Waals surface area contributed by atoms with Crippen LogP contribution < -0.4 is 69.8 Å². The second-order valence-electron chi connectivity index (χ2n) is 24.6. The minimum Gasteiger partial charge on any atom is -0.493 e. The lowest BCUT2D eigenvalue weighted by Crippen LogP contribution is -2.60. The summed E-state index contributed by atoms with van der Waals surface area (Å²) in [4.78, 5) is 181. The number of ether oxygens (including phenoxy) is 3. The number of carbonyl (C=O) groups is 9. The third-order valence-electron chi connectivity index (χ3n) is 17.5. The maximum Gasteiger partial charge on any atom is 0.347 e. The van der Waals surface area contributed by atoms with E-state index in [-0.39, 0.29) is 49.8 Å². The molecule has 12 N–H and O–H groups in total. The number of nitrogens with two attached hydrogens (primary N) is 2. The highest BCUT2D eigenvalue weighted by molar-refractivity contribution is 6.00. The Morgan fingerprint density at radius 1 is 0.771 bits per heavy atom. The molecule has 0 aliphatic carbocycles. The molecule has 12 atom stereocenters. The molecule has 2 aromatic carbocycles. The van der Waals surface area contributed by atoms with E-state index in [1.807, 2.05) is 37.3 Å². The number of aliphatic carboxylic acids is 2.